The minimum atomic E-state index is -3.48. The van der Waals surface area contributed by atoms with Crippen LogP contribution in [0.3, 0.4) is 0 Å². The van der Waals surface area contributed by atoms with Crippen LogP contribution in [0.4, 0.5) is 0 Å². The summed E-state index contributed by atoms with van der Waals surface area (Å²) >= 11 is 1.18. The first-order chi connectivity index (χ1) is 12.3. The van der Waals surface area contributed by atoms with Gasteiger partial charge in [0.2, 0.25) is 21.8 Å². The molecule has 0 radical (unpaired) electrons. The third-order valence-electron chi connectivity index (χ3n) is 4.31. The summed E-state index contributed by atoms with van der Waals surface area (Å²) in [6.07, 6.45) is 2.36. The maximum atomic E-state index is 12.2. The number of likely N-dealkylation sites (tertiary alicyclic amines) is 1. The number of nitrogens with zero attached hydrogens (tertiary/aromatic N) is 1. The van der Waals surface area contributed by atoms with Gasteiger partial charge in [0, 0.05) is 25.6 Å². The molecule has 9 heteroatoms. The van der Waals surface area contributed by atoms with E-state index in [1.165, 1.54) is 11.3 Å². The molecule has 1 aliphatic rings. The van der Waals surface area contributed by atoms with Gasteiger partial charge >= 0.3 is 0 Å². The molecule has 0 bridgehead atoms. The average molecular weight is 402 g/mol. The molecule has 2 heterocycles. The van der Waals surface area contributed by atoms with E-state index in [9.17, 15) is 18.0 Å². The highest BCUT2D eigenvalue weighted by Gasteiger charge is 2.27. The monoisotopic (exact) mass is 401 g/mol. The van der Waals surface area contributed by atoms with Crippen molar-refractivity contribution >= 4 is 33.2 Å². The smallest absolute Gasteiger partial charge is 0.250 e. The Morgan fingerprint density at radius 3 is 2.58 bits per heavy atom. The van der Waals surface area contributed by atoms with Crippen LogP contribution in [0.5, 0.6) is 0 Å². The largest absolute Gasteiger partial charge is 0.347 e. The minimum absolute atomic E-state index is 0.00250. The Bertz CT molecular complexity index is 694. The predicted molar refractivity (Wildman–Crippen MR) is 101 cm³/mol. The number of nitrogens with one attached hydrogen (secondary N) is 2. The molecule has 0 unspecified atom stereocenters. The van der Waals surface area contributed by atoms with E-state index in [2.05, 4.69) is 23.9 Å². The van der Waals surface area contributed by atoms with Crippen molar-refractivity contribution in [1.29, 1.82) is 0 Å². The lowest BCUT2D eigenvalue weighted by Crippen LogP contribution is -2.48. The van der Waals surface area contributed by atoms with Crippen molar-refractivity contribution in [3.05, 3.63) is 17.5 Å². The topological polar surface area (TPSA) is 95.6 Å². The molecule has 1 aliphatic heterocycles. The first-order valence-corrected chi connectivity index (χ1v) is 11.2. The third kappa shape index (κ3) is 6.37. The zero-order valence-electron chi connectivity index (χ0n) is 15.2. The molecule has 2 amide bonds. The summed E-state index contributed by atoms with van der Waals surface area (Å²) in [4.78, 5) is 25.6. The Balaban J connectivity index is 1.72. The number of piperidine rings is 1. The summed E-state index contributed by atoms with van der Waals surface area (Å²) < 4.78 is 27.5. The molecule has 0 spiro atoms. The first kappa shape index (κ1) is 20.9. The molecule has 1 aromatic heterocycles. The number of carbonyl (C=O) groups is 2. The van der Waals surface area contributed by atoms with Crippen LogP contribution in [0.1, 0.15) is 39.5 Å². The molecule has 2 N–H and O–H groups in total. The van der Waals surface area contributed by atoms with E-state index >= 15 is 0 Å². The summed E-state index contributed by atoms with van der Waals surface area (Å²) in [7, 11) is -3.48. The van der Waals surface area contributed by atoms with Gasteiger partial charge in [-0.15, -0.1) is 11.3 Å². The standard InChI is InChI=1S/C17H27N3O4S2/c1-13(2)5-6-15(21)18-12-16(22)20-9-7-14(8-10-20)19-26(23,24)17-4-3-11-25-17/h3-4,11,13-14,19H,5-10,12H2,1-2H3,(H,18,21). The molecule has 146 valence electrons. The van der Waals surface area contributed by atoms with Gasteiger partial charge in [-0.25, -0.2) is 13.1 Å². The number of hydrogen-bond donors (Lipinski definition) is 2. The van der Waals surface area contributed by atoms with Gasteiger partial charge in [0.1, 0.15) is 4.21 Å². The lowest BCUT2D eigenvalue weighted by atomic mass is 10.1. The lowest BCUT2D eigenvalue weighted by molar-refractivity contribution is -0.133. The number of carbonyl (C=O) groups excluding carboxylic acids is 2. The van der Waals surface area contributed by atoms with Crippen molar-refractivity contribution in [2.75, 3.05) is 19.6 Å². The van der Waals surface area contributed by atoms with Crippen molar-refractivity contribution < 1.29 is 18.0 Å². The van der Waals surface area contributed by atoms with Crippen molar-refractivity contribution in [2.45, 2.75) is 49.8 Å². The fourth-order valence-electron chi connectivity index (χ4n) is 2.73. The van der Waals surface area contributed by atoms with Crippen molar-refractivity contribution in [3.8, 4) is 0 Å². The fourth-order valence-corrected chi connectivity index (χ4v) is 5.05. The summed E-state index contributed by atoms with van der Waals surface area (Å²) in [6, 6.07) is 3.11. The summed E-state index contributed by atoms with van der Waals surface area (Å²) in [6.45, 7) is 5.07. The number of rotatable bonds is 8. The van der Waals surface area contributed by atoms with Gasteiger partial charge in [-0.3, -0.25) is 9.59 Å². The Morgan fingerprint density at radius 1 is 1.31 bits per heavy atom. The highest BCUT2D eigenvalue weighted by Crippen LogP contribution is 2.18. The van der Waals surface area contributed by atoms with E-state index in [1.54, 1.807) is 22.4 Å². The molecular weight excluding hydrogens is 374 g/mol. The Labute approximate surface area is 159 Å². The van der Waals surface area contributed by atoms with Gasteiger partial charge in [-0.2, -0.15) is 0 Å². The molecule has 0 aliphatic carbocycles. The number of sulfonamides is 1. The SMILES string of the molecule is CC(C)CCC(=O)NCC(=O)N1CCC(NS(=O)(=O)c2cccs2)CC1. The Hall–Kier alpha value is -1.45. The fraction of sp³-hybridized carbons (Fsp3) is 0.647. The molecule has 0 aromatic carbocycles. The molecule has 1 aromatic rings. The van der Waals surface area contributed by atoms with Gasteiger partial charge in [-0.05, 0) is 36.6 Å². The second kappa shape index (κ2) is 9.48. The zero-order valence-corrected chi connectivity index (χ0v) is 16.9. The normalized spacial score (nSPS) is 16.0. The molecule has 0 saturated carbocycles. The van der Waals surface area contributed by atoms with E-state index < -0.39 is 10.0 Å². The van der Waals surface area contributed by atoms with E-state index in [4.69, 9.17) is 0 Å². The molecular formula is C17H27N3O4S2. The first-order valence-electron chi connectivity index (χ1n) is 8.88. The second-order valence-electron chi connectivity index (χ2n) is 6.92. The highest BCUT2D eigenvalue weighted by atomic mass is 32.2. The van der Waals surface area contributed by atoms with Gasteiger partial charge in [-0.1, -0.05) is 19.9 Å². The lowest BCUT2D eigenvalue weighted by Gasteiger charge is -2.32. The van der Waals surface area contributed by atoms with E-state index in [0.717, 1.165) is 6.42 Å². The maximum Gasteiger partial charge on any atom is 0.250 e. The van der Waals surface area contributed by atoms with Crippen LogP contribution in [-0.4, -0.2) is 50.8 Å². The molecule has 26 heavy (non-hydrogen) atoms. The molecule has 7 nitrogen and oxygen atoms in total. The summed E-state index contributed by atoms with van der Waals surface area (Å²) in [5.74, 6) is 0.224. The van der Waals surface area contributed by atoms with Crippen LogP contribution in [0, 0.1) is 5.92 Å². The predicted octanol–water partition coefficient (Wildman–Crippen LogP) is 1.57. The number of hydrogen-bond acceptors (Lipinski definition) is 5. The number of amides is 2. The maximum absolute atomic E-state index is 12.2. The third-order valence-corrected chi connectivity index (χ3v) is 7.23. The highest BCUT2D eigenvalue weighted by molar-refractivity contribution is 7.91. The quantitative estimate of drug-likeness (QED) is 0.691. The van der Waals surface area contributed by atoms with Crippen LogP contribution >= 0.6 is 11.3 Å². The van der Waals surface area contributed by atoms with Gasteiger partial charge in [0.15, 0.2) is 0 Å². The number of thiophene rings is 1. The molecule has 2 rings (SSSR count). The Kier molecular flexibility index (Phi) is 7.60. The molecule has 1 fully saturated rings. The van der Waals surface area contributed by atoms with Crippen LogP contribution in [0.25, 0.3) is 0 Å². The second-order valence-corrected chi connectivity index (χ2v) is 9.81. The van der Waals surface area contributed by atoms with Crippen LogP contribution in [0.15, 0.2) is 21.7 Å². The minimum Gasteiger partial charge on any atom is -0.347 e. The zero-order chi connectivity index (χ0) is 19.2. The van der Waals surface area contributed by atoms with Crippen molar-refractivity contribution in [1.82, 2.24) is 14.9 Å². The van der Waals surface area contributed by atoms with E-state index in [0.29, 0.717) is 42.5 Å². The van der Waals surface area contributed by atoms with Crippen molar-refractivity contribution in [2.24, 2.45) is 5.92 Å². The van der Waals surface area contributed by atoms with E-state index in [-0.39, 0.29) is 24.4 Å². The van der Waals surface area contributed by atoms with Gasteiger partial charge < -0.3 is 10.2 Å². The van der Waals surface area contributed by atoms with Crippen LogP contribution in [0.2, 0.25) is 0 Å². The average Bonchev–Trinajstić information content (AvgIpc) is 3.13. The van der Waals surface area contributed by atoms with Crippen molar-refractivity contribution in [3.63, 3.8) is 0 Å². The van der Waals surface area contributed by atoms with Gasteiger partial charge in [0.25, 0.3) is 0 Å². The molecule has 1 saturated heterocycles. The van der Waals surface area contributed by atoms with Gasteiger partial charge in [0.05, 0.1) is 6.54 Å². The van der Waals surface area contributed by atoms with Crippen LogP contribution < -0.4 is 10.0 Å². The van der Waals surface area contributed by atoms with E-state index in [1.807, 2.05) is 0 Å². The summed E-state index contributed by atoms with van der Waals surface area (Å²) in [5, 5.41) is 4.39. The van der Waals surface area contributed by atoms with Crippen LogP contribution in [-0.2, 0) is 19.6 Å². The summed E-state index contributed by atoms with van der Waals surface area (Å²) in [5.41, 5.74) is 0. The molecule has 0 atom stereocenters. The Morgan fingerprint density at radius 2 is 2.00 bits per heavy atom.